The number of benzene rings is 3. The summed E-state index contributed by atoms with van der Waals surface area (Å²) in [5.41, 5.74) is 3.49. The molecule has 0 radical (unpaired) electrons. The van der Waals surface area contributed by atoms with Crippen LogP contribution in [0.25, 0.3) is 5.69 Å². The average molecular weight is 415 g/mol. The lowest BCUT2D eigenvalue weighted by atomic mass is 10.0. The van der Waals surface area contributed by atoms with Gasteiger partial charge < -0.3 is 10.2 Å². The number of aromatic nitrogens is 2. The fourth-order valence-electron chi connectivity index (χ4n) is 3.65. The molecule has 0 aliphatic heterocycles. The minimum atomic E-state index is -0.439. The Labute approximate surface area is 180 Å². The van der Waals surface area contributed by atoms with Gasteiger partial charge in [-0.05, 0) is 36.4 Å². The molecule has 3 aromatic carbocycles. The summed E-state index contributed by atoms with van der Waals surface area (Å²) in [5, 5.41) is 7.38. The summed E-state index contributed by atoms with van der Waals surface area (Å²) >= 11 is 0. The fourth-order valence-corrected chi connectivity index (χ4v) is 3.65. The van der Waals surface area contributed by atoms with Crippen molar-refractivity contribution < 1.29 is 14.1 Å². The van der Waals surface area contributed by atoms with E-state index in [-0.39, 0.29) is 11.7 Å². The van der Waals surface area contributed by atoms with Crippen LogP contribution in [0.1, 0.15) is 17.2 Å². The molecule has 1 heterocycles. The highest BCUT2D eigenvalue weighted by Crippen LogP contribution is 2.15. The standard InChI is InChI=1S/C25H23FN4O/c1-29(17-19-16-27-30(18-19)23-10-6-3-7-11-23)24(20-8-4-2-5-9-20)25(31)28-22-14-12-21(26)13-15-22/h2-16,18,24H,17H2,1H3,(H,28,31)/p+1/t24-/m1/s1. The maximum atomic E-state index is 13.2. The van der Waals surface area contributed by atoms with Crippen molar-refractivity contribution in [2.75, 3.05) is 12.4 Å². The van der Waals surface area contributed by atoms with E-state index in [2.05, 4.69) is 10.4 Å². The molecule has 6 heteroatoms. The Bertz CT molecular complexity index is 1130. The number of likely N-dealkylation sites (N-methyl/N-ethyl adjacent to an activating group) is 1. The average Bonchev–Trinajstić information content (AvgIpc) is 3.25. The van der Waals surface area contributed by atoms with Crippen LogP contribution in [0.4, 0.5) is 10.1 Å². The minimum absolute atomic E-state index is 0.147. The second-order valence-corrected chi connectivity index (χ2v) is 7.49. The van der Waals surface area contributed by atoms with Crippen LogP contribution >= 0.6 is 0 Å². The molecule has 2 atom stereocenters. The molecule has 31 heavy (non-hydrogen) atoms. The van der Waals surface area contributed by atoms with Crippen molar-refractivity contribution in [3.63, 3.8) is 0 Å². The van der Waals surface area contributed by atoms with Crippen LogP contribution in [0, 0.1) is 5.82 Å². The van der Waals surface area contributed by atoms with Gasteiger partial charge >= 0.3 is 0 Å². The molecule has 0 saturated carbocycles. The van der Waals surface area contributed by atoms with Gasteiger partial charge in [-0.1, -0.05) is 48.5 Å². The number of hydrogen-bond acceptors (Lipinski definition) is 2. The Hall–Kier alpha value is -3.77. The first-order valence-electron chi connectivity index (χ1n) is 10.1. The van der Waals surface area contributed by atoms with E-state index in [1.807, 2.05) is 84.8 Å². The van der Waals surface area contributed by atoms with Crippen molar-refractivity contribution in [2.45, 2.75) is 12.6 Å². The van der Waals surface area contributed by atoms with E-state index >= 15 is 0 Å². The van der Waals surface area contributed by atoms with Crippen molar-refractivity contribution in [3.05, 3.63) is 114 Å². The molecular formula is C25H24FN4O+. The number of hydrogen-bond donors (Lipinski definition) is 2. The maximum Gasteiger partial charge on any atom is 0.287 e. The van der Waals surface area contributed by atoms with Gasteiger partial charge in [-0.3, -0.25) is 4.79 Å². The molecule has 0 bridgehead atoms. The van der Waals surface area contributed by atoms with Crippen LogP contribution in [-0.4, -0.2) is 22.7 Å². The van der Waals surface area contributed by atoms with Crippen LogP contribution in [0.3, 0.4) is 0 Å². The van der Waals surface area contributed by atoms with Gasteiger partial charge in [0.1, 0.15) is 12.4 Å². The third kappa shape index (κ3) is 5.05. The molecule has 156 valence electrons. The third-order valence-corrected chi connectivity index (χ3v) is 5.14. The predicted molar refractivity (Wildman–Crippen MR) is 118 cm³/mol. The predicted octanol–water partition coefficient (Wildman–Crippen LogP) is 3.41. The summed E-state index contributed by atoms with van der Waals surface area (Å²) in [5.74, 6) is -0.485. The van der Waals surface area contributed by atoms with Crippen LogP contribution in [0.2, 0.25) is 0 Å². The van der Waals surface area contributed by atoms with Gasteiger partial charge in [0.25, 0.3) is 5.91 Å². The van der Waals surface area contributed by atoms with Crippen molar-refractivity contribution in [2.24, 2.45) is 0 Å². The monoisotopic (exact) mass is 415 g/mol. The number of nitrogens with zero attached hydrogens (tertiary/aromatic N) is 2. The van der Waals surface area contributed by atoms with Gasteiger partial charge in [0.15, 0.2) is 6.04 Å². The van der Waals surface area contributed by atoms with Gasteiger partial charge in [0, 0.05) is 23.0 Å². The van der Waals surface area contributed by atoms with E-state index in [0.717, 1.165) is 21.7 Å². The first-order chi connectivity index (χ1) is 15.1. The van der Waals surface area contributed by atoms with E-state index in [1.165, 1.54) is 12.1 Å². The molecule has 1 unspecified atom stereocenters. The highest BCUT2D eigenvalue weighted by atomic mass is 19.1. The van der Waals surface area contributed by atoms with Crippen molar-refractivity contribution >= 4 is 11.6 Å². The molecule has 0 saturated heterocycles. The van der Waals surface area contributed by atoms with Gasteiger partial charge in [0.05, 0.1) is 18.9 Å². The molecule has 5 nitrogen and oxygen atoms in total. The number of nitrogens with one attached hydrogen (secondary N) is 2. The Morgan fingerprint density at radius 1 is 1.00 bits per heavy atom. The van der Waals surface area contributed by atoms with E-state index in [0.29, 0.717) is 12.2 Å². The highest BCUT2D eigenvalue weighted by molar-refractivity contribution is 5.94. The molecule has 1 amide bonds. The van der Waals surface area contributed by atoms with E-state index in [4.69, 9.17) is 0 Å². The first-order valence-corrected chi connectivity index (χ1v) is 10.1. The number of halogens is 1. The van der Waals surface area contributed by atoms with Crippen LogP contribution in [-0.2, 0) is 11.3 Å². The summed E-state index contributed by atoms with van der Waals surface area (Å²) in [7, 11) is 1.99. The van der Waals surface area contributed by atoms with Gasteiger partial charge in [-0.2, -0.15) is 5.10 Å². The Morgan fingerprint density at radius 2 is 1.65 bits per heavy atom. The number of anilines is 1. The summed E-state index contributed by atoms with van der Waals surface area (Å²) in [4.78, 5) is 14.2. The third-order valence-electron chi connectivity index (χ3n) is 5.14. The maximum absolute atomic E-state index is 13.2. The van der Waals surface area contributed by atoms with E-state index in [1.54, 1.807) is 12.1 Å². The summed E-state index contributed by atoms with van der Waals surface area (Å²) in [6.45, 7) is 0.614. The highest BCUT2D eigenvalue weighted by Gasteiger charge is 2.29. The molecule has 0 aliphatic rings. The van der Waals surface area contributed by atoms with Gasteiger partial charge in [0.2, 0.25) is 0 Å². The molecule has 4 aromatic rings. The van der Waals surface area contributed by atoms with Crippen LogP contribution in [0.15, 0.2) is 97.3 Å². The zero-order chi connectivity index (χ0) is 21.6. The lowest BCUT2D eigenvalue weighted by Crippen LogP contribution is -3.09. The largest absolute Gasteiger partial charge is 0.321 e. The van der Waals surface area contributed by atoms with Gasteiger partial charge in [-0.15, -0.1) is 0 Å². The minimum Gasteiger partial charge on any atom is -0.321 e. The molecule has 0 spiro atoms. The molecule has 0 aliphatic carbocycles. The normalized spacial score (nSPS) is 12.8. The van der Waals surface area contributed by atoms with Crippen LogP contribution < -0.4 is 10.2 Å². The zero-order valence-corrected chi connectivity index (χ0v) is 17.2. The van der Waals surface area contributed by atoms with E-state index < -0.39 is 6.04 Å². The number of para-hydroxylation sites is 1. The second kappa shape index (κ2) is 9.36. The van der Waals surface area contributed by atoms with Crippen molar-refractivity contribution in [1.82, 2.24) is 9.78 Å². The number of rotatable bonds is 7. The lowest BCUT2D eigenvalue weighted by molar-refractivity contribution is -0.915. The number of carbonyl (C=O) groups excluding carboxylic acids is 1. The zero-order valence-electron chi connectivity index (χ0n) is 17.2. The molecule has 0 fully saturated rings. The SMILES string of the molecule is C[NH+](Cc1cnn(-c2ccccc2)c1)[C@@H](C(=O)Nc1ccc(F)cc1)c1ccccc1. The van der Waals surface area contributed by atoms with Crippen molar-refractivity contribution in [3.8, 4) is 5.69 Å². The lowest BCUT2D eigenvalue weighted by Gasteiger charge is -2.24. The second-order valence-electron chi connectivity index (χ2n) is 7.49. The Morgan fingerprint density at radius 3 is 2.32 bits per heavy atom. The Balaban J connectivity index is 1.54. The number of quaternary nitrogens is 1. The van der Waals surface area contributed by atoms with Crippen LogP contribution in [0.5, 0.6) is 0 Å². The van der Waals surface area contributed by atoms with E-state index in [9.17, 15) is 9.18 Å². The number of carbonyl (C=O) groups is 1. The molecule has 4 rings (SSSR count). The van der Waals surface area contributed by atoms with Crippen molar-refractivity contribution in [1.29, 1.82) is 0 Å². The number of amides is 1. The molecular weight excluding hydrogens is 391 g/mol. The molecule has 2 N–H and O–H groups in total. The fraction of sp³-hybridized carbons (Fsp3) is 0.120. The Kier molecular flexibility index (Phi) is 6.19. The quantitative estimate of drug-likeness (QED) is 0.486. The summed E-state index contributed by atoms with van der Waals surface area (Å²) in [6, 6.07) is 24.9. The smallest absolute Gasteiger partial charge is 0.287 e. The summed E-state index contributed by atoms with van der Waals surface area (Å²) < 4.78 is 15.1. The molecule has 1 aromatic heterocycles. The first kappa shape index (κ1) is 20.5. The topological polar surface area (TPSA) is 51.4 Å². The summed E-state index contributed by atoms with van der Waals surface area (Å²) in [6.07, 6.45) is 3.81. The van der Waals surface area contributed by atoms with Gasteiger partial charge in [-0.25, -0.2) is 9.07 Å².